The number of hydrogen-bond donors (Lipinski definition) is 3. The van der Waals surface area contributed by atoms with Crippen molar-refractivity contribution in [2.24, 2.45) is 5.92 Å². The maximum Gasteiger partial charge on any atom is 0.264 e. The number of halogens is 1. The van der Waals surface area contributed by atoms with Crippen LogP contribution in [0.3, 0.4) is 0 Å². The van der Waals surface area contributed by atoms with Gasteiger partial charge in [-0.05, 0) is 99.9 Å². The molecule has 5 aliphatic heterocycles. The molecule has 2 spiro atoms. The highest BCUT2D eigenvalue weighted by Crippen LogP contribution is 2.60. The summed E-state index contributed by atoms with van der Waals surface area (Å²) in [6.07, 6.45) is 2.29. The molecule has 4 saturated heterocycles. The normalized spacial score (nSPS) is 27.9. The van der Waals surface area contributed by atoms with Crippen LogP contribution in [0.15, 0.2) is 72.8 Å². The number of piperidine rings is 1. The molecule has 3 amide bonds. The number of hydrogen-bond acceptors (Lipinski definition) is 8. The van der Waals surface area contributed by atoms with Gasteiger partial charge in [0.05, 0.1) is 44.1 Å². The van der Waals surface area contributed by atoms with E-state index in [2.05, 4.69) is 22.3 Å². The lowest BCUT2D eigenvalue weighted by Crippen LogP contribution is -2.55. The molecule has 5 aliphatic rings. The summed E-state index contributed by atoms with van der Waals surface area (Å²) in [5.41, 5.74) is 1.42. The molecule has 3 N–H and O–H groups in total. The first kappa shape index (κ1) is 37.2. The summed E-state index contributed by atoms with van der Waals surface area (Å²) in [7, 11) is -3.01. The van der Waals surface area contributed by atoms with Crippen molar-refractivity contribution in [3.63, 3.8) is 0 Å². The Morgan fingerprint density at radius 1 is 1.00 bits per heavy atom. The number of nitrogens with one attached hydrogen (secondary N) is 1. The zero-order valence-corrected chi connectivity index (χ0v) is 33.0. The van der Waals surface area contributed by atoms with E-state index in [0.29, 0.717) is 42.3 Å². The van der Waals surface area contributed by atoms with Crippen molar-refractivity contribution in [2.45, 2.75) is 87.5 Å². The molecule has 0 radical (unpaired) electrons. The van der Waals surface area contributed by atoms with Gasteiger partial charge in [0.1, 0.15) is 5.54 Å². The van der Waals surface area contributed by atoms with Crippen molar-refractivity contribution in [1.82, 2.24) is 10.2 Å². The number of carbonyl (C=O) groups is 3. The van der Waals surface area contributed by atoms with Gasteiger partial charge in [-0.3, -0.25) is 19.3 Å². The zero-order valence-electron chi connectivity index (χ0n) is 31.2. The third-order valence-electron chi connectivity index (χ3n) is 12.7. The summed E-state index contributed by atoms with van der Waals surface area (Å²) in [6, 6.07) is 23.1. The molecule has 11 nitrogen and oxygen atoms in total. The second kappa shape index (κ2) is 14.1. The molecule has 8 rings (SSSR count). The predicted molar refractivity (Wildman–Crippen MR) is 211 cm³/mol. The number of nitrogens with zero attached hydrogens (tertiary/aromatic N) is 4. The molecule has 5 atom stereocenters. The van der Waals surface area contributed by atoms with Gasteiger partial charge in [-0.25, -0.2) is 0 Å². The minimum absolute atomic E-state index is 0.0108. The van der Waals surface area contributed by atoms with Gasteiger partial charge in [0.2, 0.25) is 5.91 Å². The van der Waals surface area contributed by atoms with E-state index in [1.807, 2.05) is 73.4 Å². The third kappa shape index (κ3) is 5.97. The fourth-order valence-corrected chi connectivity index (χ4v) is 12.9. The summed E-state index contributed by atoms with van der Waals surface area (Å²) in [5.74, 6) is -0.770. The standard InChI is InChI=1S/C41H50ClN5O6Si/c1-27-37(54(2,3)52)35(23-36(49)44-20-8-13-32(44)25-48)53-41(27)33-22-29(42)14-15-34(33)45(39(41)51)24-28-9-7-12-31(21-28)46-26-47(30-10-5-4-6-11-30)40(38(46)50)16-18-43-19-17-40/h4-7,9-12,14-15,21-22,27,32,35,37,43,48,52H,8,13,16-20,23-26H2,1-3H3/t27-,32+,35+,37-,41+/m1/s1. The Balaban J connectivity index is 1.11. The number of fused-ring (bicyclic) bond motifs is 2. The van der Waals surface area contributed by atoms with Gasteiger partial charge in [0.25, 0.3) is 11.8 Å². The Labute approximate surface area is 322 Å². The van der Waals surface area contributed by atoms with Crippen molar-refractivity contribution in [2.75, 3.05) is 47.6 Å². The van der Waals surface area contributed by atoms with Gasteiger partial charge in [0.15, 0.2) is 13.9 Å². The number of aliphatic hydroxyl groups is 1. The lowest BCUT2D eigenvalue weighted by atomic mass is 9.82. The van der Waals surface area contributed by atoms with E-state index >= 15 is 4.79 Å². The van der Waals surface area contributed by atoms with Gasteiger partial charge >= 0.3 is 0 Å². The number of aliphatic hydroxyl groups excluding tert-OH is 1. The number of likely N-dealkylation sites (tertiary alicyclic amines) is 1. The first-order chi connectivity index (χ1) is 25.9. The Kier molecular flexibility index (Phi) is 9.67. The van der Waals surface area contributed by atoms with Gasteiger partial charge in [0, 0.05) is 40.0 Å². The van der Waals surface area contributed by atoms with Crippen LogP contribution in [-0.2, 0) is 31.3 Å². The number of carbonyl (C=O) groups excluding carboxylic acids is 3. The molecule has 13 heteroatoms. The number of ether oxygens (including phenoxy) is 1. The van der Waals surface area contributed by atoms with E-state index in [1.165, 1.54) is 0 Å². The van der Waals surface area contributed by atoms with E-state index in [4.69, 9.17) is 16.3 Å². The summed E-state index contributed by atoms with van der Waals surface area (Å²) in [6.45, 7) is 8.27. The van der Waals surface area contributed by atoms with Crippen LogP contribution in [-0.4, -0.2) is 91.4 Å². The maximum atomic E-state index is 15.1. The van der Waals surface area contributed by atoms with E-state index < -0.39 is 37.0 Å². The monoisotopic (exact) mass is 771 g/mol. The van der Waals surface area contributed by atoms with Crippen molar-refractivity contribution in [3.8, 4) is 0 Å². The molecule has 5 heterocycles. The number of amides is 3. The predicted octanol–water partition coefficient (Wildman–Crippen LogP) is 4.99. The van der Waals surface area contributed by atoms with E-state index in [9.17, 15) is 19.5 Å². The fraction of sp³-hybridized carbons (Fsp3) is 0.488. The van der Waals surface area contributed by atoms with Crippen molar-refractivity contribution < 1.29 is 29.0 Å². The molecule has 286 valence electrons. The molecule has 0 aliphatic carbocycles. The molecule has 0 aromatic heterocycles. The van der Waals surface area contributed by atoms with Crippen LogP contribution in [0.25, 0.3) is 0 Å². The highest BCUT2D eigenvalue weighted by atomic mass is 35.5. The topological polar surface area (TPSA) is 126 Å². The van der Waals surface area contributed by atoms with Gasteiger partial charge in [-0.2, -0.15) is 0 Å². The lowest BCUT2D eigenvalue weighted by Gasteiger charge is -2.39. The molecule has 0 unspecified atom stereocenters. The molecule has 3 aromatic carbocycles. The second-order valence-corrected chi connectivity index (χ2v) is 20.7. The van der Waals surface area contributed by atoms with Crippen molar-refractivity contribution in [1.29, 1.82) is 0 Å². The summed E-state index contributed by atoms with van der Waals surface area (Å²) < 4.78 is 6.91. The minimum atomic E-state index is -3.01. The van der Waals surface area contributed by atoms with Crippen LogP contribution < -0.4 is 20.0 Å². The second-order valence-electron chi connectivity index (χ2n) is 16.3. The Bertz CT molecular complexity index is 1940. The number of anilines is 3. The zero-order chi connectivity index (χ0) is 38.0. The average molecular weight is 772 g/mol. The largest absolute Gasteiger partial charge is 0.432 e. The Morgan fingerprint density at radius 2 is 1.74 bits per heavy atom. The molecular weight excluding hydrogens is 722 g/mol. The van der Waals surface area contributed by atoms with Crippen molar-refractivity contribution >= 4 is 54.7 Å². The summed E-state index contributed by atoms with van der Waals surface area (Å²) in [4.78, 5) is 62.5. The van der Waals surface area contributed by atoms with Gasteiger partial charge in [-0.15, -0.1) is 0 Å². The molecule has 3 aromatic rings. The highest BCUT2D eigenvalue weighted by Gasteiger charge is 2.66. The Morgan fingerprint density at radius 3 is 2.46 bits per heavy atom. The number of benzene rings is 3. The minimum Gasteiger partial charge on any atom is -0.432 e. The van der Waals surface area contributed by atoms with Crippen LogP contribution in [0.5, 0.6) is 0 Å². The summed E-state index contributed by atoms with van der Waals surface area (Å²) >= 11 is 6.62. The lowest BCUT2D eigenvalue weighted by molar-refractivity contribution is -0.150. The van der Waals surface area contributed by atoms with Gasteiger partial charge in [-0.1, -0.05) is 48.9 Å². The van der Waals surface area contributed by atoms with Gasteiger partial charge < -0.3 is 34.7 Å². The van der Waals surface area contributed by atoms with Crippen LogP contribution in [0.2, 0.25) is 23.7 Å². The summed E-state index contributed by atoms with van der Waals surface area (Å²) in [5, 5.41) is 13.8. The molecule has 0 bridgehead atoms. The van der Waals surface area contributed by atoms with Crippen LogP contribution in [0.4, 0.5) is 17.1 Å². The van der Waals surface area contributed by atoms with Crippen LogP contribution in [0, 0.1) is 5.92 Å². The number of rotatable bonds is 8. The first-order valence-corrected chi connectivity index (χ1v) is 22.7. The van der Waals surface area contributed by atoms with E-state index in [1.54, 1.807) is 21.9 Å². The molecular formula is C41H50ClN5O6Si. The van der Waals surface area contributed by atoms with Crippen LogP contribution >= 0.6 is 11.6 Å². The van der Waals surface area contributed by atoms with Crippen molar-refractivity contribution in [3.05, 3.63) is 88.9 Å². The molecule has 0 saturated carbocycles. The number of para-hydroxylation sites is 1. The highest BCUT2D eigenvalue weighted by molar-refractivity contribution is 6.71. The maximum absolute atomic E-state index is 15.1. The first-order valence-electron chi connectivity index (χ1n) is 19.3. The molecule has 4 fully saturated rings. The van der Waals surface area contributed by atoms with E-state index in [0.717, 1.165) is 42.9 Å². The smallest absolute Gasteiger partial charge is 0.264 e. The average Bonchev–Trinajstić information content (AvgIpc) is 3.88. The quantitative estimate of drug-likeness (QED) is 0.274. The SMILES string of the molecule is C[C@@H]1[C@@H]([Si](C)(C)O)[C@H](CC(=O)N2CCC[C@H]2CO)O[C@@]12C(=O)N(Cc1cccc(N3CN(c4ccccc4)C4(CCNCC4)C3=O)c1)c1ccc(Cl)cc12. The fourth-order valence-electron chi connectivity index (χ4n) is 10.2. The molecule has 54 heavy (non-hydrogen) atoms. The van der Waals surface area contributed by atoms with Crippen LogP contribution in [0.1, 0.15) is 50.2 Å². The van der Waals surface area contributed by atoms with E-state index in [-0.39, 0.29) is 43.3 Å². The third-order valence-corrected chi connectivity index (χ3v) is 15.5. The Hall–Kier alpha value is -3.78.